The summed E-state index contributed by atoms with van der Waals surface area (Å²) in [5.41, 5.74) is 11.2. The highest BCUT2D eigenvalue weighted by molar-refractivity contribution is 5.99. The predicted molar refractivity (Wildman–Crippen MR) is 258 cm³/mol. The number of pyridine rings is 4. The van der Waals surface area contributed by atoms with Crippen molar-refractivity contribution in [1.29, 1.82) is 0 Å². The van der Waals surface area contributed by atoms with Gasteiger partial charge in [-0.1, -0.05) is 0 Å². The molecule has 20 heteroatoms. The number of hydrogen-bond acceptors (Lipinski definition) is 15. The summed E-state index contributed by atoms with van der Waals surface area (Å²) < 4.78 is 30.7. The number of fused-ring (bicyclic) bond motifs is 10. The van der Waals surface area contributed by atoms with Crippen LogP contribution in [0.4, 0.5) is 4.79 Å². The molecule has 12 rings (SSSR count). The fourth-order valence-corrected chi connectivity index (χ4v) is 10.2. The van der Waals surface area contributed by atoms with Crippen molar-refractivity contribution in [1.82, 2.24) is 60.3 Å². The van der Waals surface area contributed by atoms with Crippen LogP contribution in [0.3, 0.4) is 0 Å². The standard InChI is InChI=1S/C28H32N6O5.C23H24N6O3/c1-27(2,3)39-26(36)33-14-28(15-33)16-34-24(25(35)31-28)20-6-5-17-12-30-22(10-21(17)23(20)32-34)18-9-19(13-29-11-18)38-8-7-37-4;1-31-4-5-32-16-6-15(8-24-10-16)19-7-18-14(9-26-19)2-3-17-20(18)28-29-13-23(11-25-12-23)27-22(30)21(17)29/h9-13H,5-8,14-16H2,1-4H3,(H,31,35);6-10,25H,2-5,11-13H2,1H3,(H,27,30). The van der Waals surface area contributed by atoms with Crippen LogP contribution >= 0.6 is 0 Å². The summed E-state index contributed by atoms with van der Waals surface area (Å²) in [6.45, 7) is 10.9. The number of nitrogens with one attached hydrogen (secondary N) is 3. The molecule has 2 spiro atoms. The van der Waals surface area contributed by atoms with Gasteiger partial charge in [-0.25, -0.2) is 4.79 Å². The van der Waals surface area contributed by atoms with Crippen LogP contribution in [-0.4, -0.2) is 146 Å². The molecule has 368 valence electrons. The first-order chi connectivity index (χ1) is 34.3. The van der Waals surface area contributed by atoms with Gasteiger partial charge in [0.05, 0.1) is 85.6 Å². The van der Waals surface area contributed by atoms with Crippen molar-refractivity contribution in [2.45, 2.75) is 76.2 Å². The van der Waals surface area contributed by atoms with Crippen LogP contribution in [0.25, 0.3) is 45.0 Å². The molecule has 2 fully saturated rings. The minimum absolute atomic E-state index is 0.0191. The van der Waals surface area contributed by atoms with E-state index in [0.717, 1.165) is 99.6 Å². The molecule has 3 N–H and O–H groups in total. The Morgan fingerprint density at radius 2 is 1.13 bits per heavy atom. The summed E-state index contributed by atoms with van der Waals surface area (Å²) in [5.74, 6) is 1.15. The number of carbonyl (C=O) groups is 3. The number of ether oxygens (including phenoxy) is 5. The van der Waals surface area contributed by atoms with E-state index in [2.05, 4.69) is 42.0 Å². The maximum absolute atomic E-state index is 13.3. The maximum atomic E-state index is 13.3. The van der Waals surface area contributed by atoms with E-state index in [9.17, 15) is 14.4 Å². The van der Waals surface area contributed by atoms with E-state index >= 15 is 0 Å². The highest BCUT2D eigenvalue weighted by Crippen LogP contribution is 2.41. The molecule has 0 saturated carbocycles. The zero-order chi connectivity index (χ0) is 49.1. The van der Waals surface area contributed by atoms with Gasteiger partial charge in [0.1, 0.15) is 41.7 Å². The molecule has 0 bridgehead atoms. The van der Waals surface area contributed by atoms with Gasteiger partial charge in [0.2, 0.25) is 0 Å². The van der Waals surface area contributed by atoms with E-state index in [1.807, 2.05) is 60.7 Å². The van der Waals surface area contributed by atoms with Crippen molar-refractivity contribution >= 4 is 17.9 Å². The average Bonchev–Trinajstić information content (AvgIpc) is 3.92. The molecule has 2 aliphatic carbocycles. The van der Waals surface area contributed by atoms with Crippen molar-refractivity contribution in [3.8, 4) is 56.5 Å². The predicted octanol–water partition coefficient (Wildman–Crippen LogP) is 4.08. The smallest absolute Gasteiger partial charge is 0.410 e. The third-order valence-electron chi connectivity index (χ3n) is 13.7. The van der Waals surface area contributed by atoms with Crippen LogP contribution in [0.1, 0.15) is 64.0 Å². The number of carbonyl (C=O) groups excluding carboxylic acids is 3. The van der Waals surface area contributed by atoms with Gasteiger partial charge in [-0.3, -0.25) is 38.9 Å². The molecule has 2 saturated heterocycles. The lowest BCUT2D eigenvalue weighted by Gasteiger charge is -2.51. The van der Waals surface area contributed by atoms with Gasteiger partial charge in [0, 0.05) is 85.5 Å². The molecular weight excluding hydrogens is 909 g/mol. The molecule has 10 heterocycles. The number of rotatable bonds is 10. The first-order valence-corrected chi connectivity index (χ1v) is 24.0. The molecule has 20 nitrogen and oxygen atoms in total. The van der Waals surface area contributed by atoms with Gasteiger partial charge < -0.3 is 44.5 Å². The summed E-state index contributed by atoms with van der Waals surface area (Å²) in [7, 11) is 3.27. The molecule has 0 radical (unpaired) electrons. The lowest BCUT2D eigenvalue weighted by atomic mass is 9.86. The second kappa shape index (κ2) is 18.1. The number of likely N-dealkylation sites (tertiary alicyclic amines) is 1. The zero-order valence-corrected chi connectivity index (χ0v) is 40.5. The first-order valence-electron chi connectivity index (χ1n) is 24.0. The molecule has 6 aromatic rings. The fourth-order valence-electron chi connectivity index (χ4n) is 10.2. The summed E-state index contributed by atoms with van der Waals surface area (Å²) in [5, 5.41) is 19.5. The quantitative estimate of drug-likeness (QED) is 0.165. The summed E-state index contributed by atoms with van der Waals surface area (Å²) in [4.78, 5) is 58.3. The Labute approximate surface area is 409 Å². The third-order valence-corrected chi connectivity index (χ3v) is 13.7. The minimum Gasteiger partial charge on any atom is -0.490 e. The van der Waals surface area contributed by atoms with Crippen LogP contribution < -0.4 is 25.4 Å². The number of hydrogen-bond donors (Lipinski definition) is 3. The molecule has 4 aliphatic heterocycles. The maximum Gasteiger partial charge on any atom is 0.410 e. The number of nitrogens with zero attached hydrogens (tertiary/aromatic N) is 9. The zero-order valence-electron chi connectivity index (χ0n) is 40.5. The van der Waals surface area contributed by atoms with Gasteiger partial charge in [-0.05, 0) is 81.8 Å². The highest BCUT2D eigenvalue weighted by Gasteiger charge is 2.52. The van der Waals surface area contributed by atoms with Gasteiger partial charge in [0.15, 0.2) is 0 Å². The lowest BCUT2D eigenvalue weighted by Crippen LogP contribution is -2.75. The van der Waals surface area contributed by atoms with E-state index in [1.165, 1.54) is 0 Å². The first kappa shape index (κ1) is 46.1. The Bertz CT molecular complexity index is 3080. The Balaban J connectivity index is 0.000000157. The number of methoxy groups -OCH3 is 2. The van der Waals surface area contributed by atoms with Crippen molar-refractivity contribution in [2.75, 3.05) is 66.8 Å². The summed E-state index contributed by atoms with van der Waals surface area (Å²) in [6, 6.07) is 7.91. The van der Waals surface area contributed by atoms with E-state index in [-0.39, 0.29) is 23.4 Å². The normalized spacial score (nSPS) is 17.3. The molecule has 6 aromatic heterocycles. The Morgan fingerprint density at radius 1 is 0.634 bits per heavy atom. The third kappa shape index (κ3) is 8.84. The van der Waals surface area contributed by atoms with Gasteiger partial charge in [0.25, 0.3) is 11.8 Å². The van der Waals surface area contributed by atoms with Crippen molar-refractivity contribution < 1.29 is 38.1 Å². The average molecular weight is 965 g/mol. The van der Waals surface area contributed by atoms with E-state index < -0.39 is 11.1 Å². The number of aryl methyl sites for hydroxylation is 2. The van der Waals surface area contributed by atoms with E-state index in [4.69, 9.17) is 33.9 Å². The topological polar surface area (TPSA) is 224 Å². The summed E-state index contributed by atoms with van der Waals surface area (Å²) in [6.07, 6.45) is 13.4. The fraction of sp³-hybridized carbons (Fsp3) is 0.431. The van der Waals surface area contributed by atoms with Gasteiger partial charge in [-0.2, -0.15) is 10.2 Å². The van der Waals surface area contributed by atoms with Crippen molar-refractivity contribution in [3.63, 3.8) is 0 Å². The number of amides is 3. The second-order valence-electron chi connectivity index (χ2n) is 20.0. The molecular formula is C51H56N12O8. The van der Waals surface area contributed by atoms with E-state index in [0.29, 0.717) is 81.9 Å². The van der Waals surface area contributed by atoms with E-state index in [1.54, 1.807) is 43.9 Å². The molecule has 0 aromatic carbocycles. The summed E-state index contributed by atoms with van der Waals surface area (Å²) >= 11 is 0. The van der Waals surface area contributed by atoms with Gasteiger partial charge in [-0.15, -0.1) is 0 Å². The molecule has 3 amide bonds. The molecule has 6 aliphatic rings. The molecule has 0 unspecified atom stereocenters. The van der Waals surface area contributed by atoms with Crippen LogP contribution in [-0.2, 0) is 53.0 Å². The van der Waals surface area contributed by atoms with Crippen LogP contribution in [0.15, 0.2) is 61.4 Å². The number of aromatic nitrogens is 8. The monoisotopic (exact) mass is 964 g/mol. The van der Waals surface area contributed by atoms with Crippen molar-refractivity contribution in [2.24, 2.45) is 0 Å². The second-order valence-corrected chi connectivity index (χ2v) is 20.0. The largest absolute Gasteiger partial charge is 0.490 e. The van der Waals surface area contributed by atoms with Crippen LogP contribution in [0.5, 0.6) is 11.5 Å². The Hall–Kier alpha value is -7.29. The molecule has 0 atom stereocenters. The van der Waals surface area contributed by atoms with Gasteiger partial charge >= 0.3 is 6.09 Å². The Kier molecular flexibility index (Phi) is 11.8. The molecule has 71 heavy (non-hydrogen) atoms. The highest BCUT2D eigenvalue weighted by atomic mass is 16.6. The minimum atomic E-state index is -0.570. The van der Waals surface area contributed by atoms with Crippen molar-refractivity contribution in [3.05, 3.63) is 95.1 Å². The Morgan fingerprint density at radius 3 is 1.59 bits per heavy atom. The van der Waals surface area contributed by atoms with Crippen LogP contribution in [0, 0.1) is 0 Å². The lowest BCUT2D eigenvalue weighted by molar-refractivity contribution is -0.0231. The van der Waals surface area contributed by atoms with Crippen LogP contribution in [0.2, 0.25) is 0 Å². The SMILES string of the molecule is COCCOc1cncc(-c2cc3c(cn2)CCc2c-3nn3c2C(=O)NC2(CN(C(=O)OC(C)(C)C)C2)C3)c1.COCCOc1cncc(-c2cc3c(cn2)CCc2c-3nn3c2C(=O)NC2(CNC2)C3)c1.